The van der Waals surface area contributed by atoms with E-state index < -0.39 is 0 Å². The molecule has 17 heavy (non-hydrogen) atoms. The zero-order chi connectivity index (χ0) is 10.5. The van der Waals surface area contributed by atoms with Crippen molar-refractivity contribution in [3.05, 3.63) is 64.5 Å². The van der Waals surface area contributed by atoms with E-state index in [9.17, 15) is 0 Å². The molecule has 4 rings (SSSR count). The number of rotatable bonds is 0. The second kappa shape index (κ2) is 3.89. The van der Waals surface area contributed by atoms with Crippen molar-refractivity contribution in [1.82, 2.24) is 0 Å². The minimum Gasteiger partial charge on any atom is -0.307 e. The molecule has 0 unspecified atom stereocenters. The molecule has 0 aromatic heterocycles. The number of hydrogen-bond acceptors (Lipinski definition) is 1. The molecule has 2 aliphatic rings. The summed E-state index contributed by atoms with van der Waals surface area (Å²) in [4.78, 5) is 4.62. The Bertz CT molecular complexity index is 756. The SMILES string of the molecule is [Zr+2].[c-]1cccc2c1C1=c3ccccc3=CC1=N2. The summed E-state index contributed by atoms with van der Waals surface area (Å²) in [6.45, 7) is 0. The van der Waals surface area contributed by atoms with Crippen LogP contribution in [-0.2, 0) is 26.2 Å². The van der Waals surface area contributed by atoms with E-state index in [1.165, 1.54) is 16.0 Å². The van der Waals surface area contributed by atoms with E-state index in [2.05, 4.69) is 41.4 Å². The van der Waals surface area contributed by atoms with Gasteiger partial charge >= 0.3 is 26.2 Å². The van der Waals surface area contributed by atoms with E-state index in [-0.39, 0.29) is 26.2 Å². The molecular weight excluding hydrogens is 285 g/mol. The van der Waals surface area contributed by atoms with E-state index >= 15 is 0 Å². The van der Waals surface area contributed by atoms with Crippen LogP contribution in [0.5, 0.6) is 0 Å². The first-order chi connectivity index (χ1) is 7.93. The van der Waals surface area contributed by atoms with Crippen molar-refractivity contribution in [3.8, 4) is 0 Å². The van der Waals surface area contributed by atoms with Gasteiger partial charge in [-0.2, -0.15) is 0 Å². The average Bonchev–Trinajstić information content (AvgIpc) is 2.83. The van der Waals surface area contributed by atoms with Crippen molar-refractivity contribution in [2.45, 2.75) is 0 Å². The minimum atomic E-state index is 0. The molecule has 1 heterocycles. The fourth-order valence-electron chi connectivity index (χ4n) is 2.41. The number of nitrogens with zero attached hydrogens (tertiary/aromatic N) is 1. The Balaban J connectivity index is 0.000000902. The van der Waals surface area contributed by atoms with Crippen LogP contribution in [0.2, 0.25) is 0 Å². The van der Waals surface area contributed by atoms with E-state index in [0.717, 1.165) is 17.0 Å². The number of aliphatic imine (C=N–C) groups is 1. The molecule has 1 aliphatic carbocycles. The molecular formula is C15H8NZr+. The zero-order valence-electron chi connectivity index (χ0n) is 9.07. The van der Waals surface area contributed by atoms with Gasteiger partial charge in [0, 0.05) is 5.71 Å². The maximum Gasteiger partial charge on any atom is 2.00 e. The Hall–Kier alpha value is -1.27. The first kappa shape index (κ1) is 10.9. The molecule has 0 saturated heterocycles. The van der Waals surface area contributed by atoms with Crippen molar-refractivity contribution in [2.75, 3.05) is 0 Å². The third-order valence-corrected chi connectivity index (χ3v) is 3.10. The number of benzene rings is 2. The maximum absolute atomic E-state index is 4.62. The first-order valence-corrected chi connectivity index (χ1v) is 5.35. The van der Waals surface area contributed by atoms with Gasteiger partial charge in [0.25, 0.3) is 0 Å². The summed E-state index contributed by atoms with van der Waals surface area (Å²) in [7, 11) is 0. The van der Waals surface area contributed by atoms with Gasteiger partial charge in [0.15, 0.2) is 0 Å². The number of fused-ring (bicyclic) bond motifs is 4. The molecule has 76 valence electrons. The molecule has 0 spiro atoms. The summed E-state index contributed by atoms with van der Waals surface area (Å²) in [5, 5.41) is 2.54. The second-order valence-electron chi connectivity index (χ2n) is 4.03. The van der Waals surface area contributed by atoms with Crippen molar-refractivity contribution in [2.24, 2.45) is 4.99 Å². The smallest absolute Gasteiger partial charge is 0.307 e. The van der Waals surface area contributed by atoms with Crippen molar-refractivity contribution in [1.29, 1.82) is 0 Å². The summed E-state index contributed by atoms with van der Waals surface area (Å²) in [6, 6.07) is 17.7. The van der Waals surface area contributed by atoms with Crippen molar-refractivity contribution < 1.29 is 26.2 Å². The zero-order valence-corrected chi connectivity index (χ0v) is 11.5. The molecule has 1 aliphatic heterocycles. The van der Waals surface area contributed by atoms with E-state index in [4.69, 9.17) is 0 Å². The third-order valence-electron chi connectivity index (χ3n) is 3.10. The van der Waals surface area contributed by atoms with Gasteiger partial charge in [-0.1, -0.05) is 35.1 Å². The van der Waals surface area contributed by atoms with Crippen LogP contribution in [0.1, 0.15) is 5.56 Å². The van der Waals surface area contributed by atoms with Gasteiger partial charge in [0.05, 0.1) is 0 Å². The molecule has 0 saturated carbocycles. The van der Waals surface area contributed by atoms with Crippen LogP contribution in [0.3, 0.4) is 0 Å². The molecule has 1 nitrogen and oxygen atoms in total. The largest absolute Gasteiger partial charge is 2.00 e. The summed E-state index contributed by atoms with van der Waals surface area (Å²) in [5.74, 6) is 0. The molecule has 2 aromatic rings. The summed E-state index contributed by atoms with van der Waals surface area (Å²) >= 11 is 0. The van der Waals surface area contributed by atoms with Crippen LogP contribution >= 0.6 is 0 Å². The summed E-state index contributed by atoms with van der Waals surface area (Å²) < 4.78 is 0. The molecule has 0 bridgehead atoms. The van der Waals surface area contributed by atoms with E-state index in [0.29, 0.717) is 0 Å². The van der Waals surface area contributed by atoms with Gasteiger partial charge in [-0.3, -0.25) is 0 Å². The van der Waals surface area contributed by atoms with Gasteiger partial charge in [0.2, 0.25) is 0 Å². The monoisotopic (exact) mass is 292 g/mol. The topological polar surface area (TPSA) is 12.4 Å². The summed E-state index contributed by atoms with van der Waals surface area (Å²) in [5.41, 5.74) is 4.50. The second-order valence-corrected chi connectivity index (χ2v) is 4.03. The Kier molecular flexibility index (Phi) is 2.48. The molecule has 0 N–H and O–H groups in total. The van der Waals surface area contributed by atoms with Crippen LogP contribution < -0.4 is 10.4 Å². The van der Waals surface area contributed by atoms with Crippen LogP contribution in [0.15, 0.2) is 47.5 Å². The van der Waals surface area contributed by atoms with E-state index in [1.54, 1.807) is 0 Å². The maximum atomic E-state index is 4.62. The molecule has 0 radical (unpaired) electrons. The first-order valence-electron chi connectivity index (χ1n) is 5.35. The average molecular weight is 293 g/mol. The van der Waals surface area contributed by atoms with Crippen LogP contribution in [-0.4, -0.2) is 5.71 Å². The van der Waals surface area contributed by atoms with Gasteiger partial charge in [-0.05, 0) is 17.0 Å². The Labute approximate surface area is 118 Å². The Morgan fingerprint density at radius 2 is 1.88 bits per heavy atom. The third kappa shape index (κ3) is 1.44. The van der Waals surface area contributed by atoms with Gasteiger partial charge < -0.3 is 4.99 Å². The molecule has 2 heteroatoms. The van der Waals surface area contributed by atoms with Gasteiger partial charge in [0.1, 0.15) is 0 Å². The van der Waals surface area contributed by atoms with Crippen LogP contribution in [0, 0.1) is 6.07 Å². The molecule has 0 amide bonds. The van der Waals surface area contributed by atoms with Gasteiger partial charge in [-0.25, -0.2) is 0 Å². The fourth-order valence-corrected chi connectivity index (χ4v) is 2.41. The van der Waals surface area contributed by atoms with Crippen molar-refractivity contribution in [3.63, 3.8) is 0 Å². The van der Waals surface area contributed by atoms with Crippen molar-refractivity contribution >= 4 is 23.0 Å². The quantitative estimate of drug-likeness (QED) is 0.654. The summed E-state index contributed by atoms with van der Waals surface area (Å²) in [6.07, 6.45) is 2.15. The number of hydrogen-bond donors (Lipinski definition) is 0. The fraction of sp³-hybridized carbons (Fsp3) is 0. The molecule has 0 atom stereocenters. The molecule has 0 fully saturated rings. The molecule has 2 aromatic carbocycles. The standard InChI is InChI=1S/C15H8N.Zr/c1-2-6-11-10(5-1)9-14-15(11)12-7-3-4-8-13(12)16-14;/h1-6,8-9H;/q-1;+2. The normalized spacial score (nSPS) is 14.1. The van der Waals surface area contributed by atoms with E-state index in [1.807, 2.05) is 18.2 Å². The van der Waals surface area contributed by atoms with Crippen LogP contribution in [0.4, 0.5) is 5.69 Å². The van der Waals surface area contributed by atoms with Crippen LogP contribution in [0.25, 0.3) is 11.6 Å². The Morgan fingerprint density at radius 1 is 1.00 bits per heavy atom. The predicted molar refractivity (Wildman–Crippen MR) is 65.0 cm³/mol. The van der Waals surface area contributed by atoms with Gasteiger partial charge in [-0.15, -0.1) is 29.8 Å². The Morgan fingerprint density at radius 3 is 2.82 bits per heavy atom. The predicted octanol–water partition coefficient (Wildman–Crippen LogP) is 1.56. The minimum absolute atomic E-state index is 0.